The Bertz CT molecular complexity index is 421. The zero-order chi connectivity index (χ0) is 15.0. The van der Waals surface area contributed by atoms with Crippen LogP contribution in [0.5, 0.6) is 5.75 Å². The van der Waals surface area contributed by atoms with Crippen LogP contribution in [0.4, 0.5) is 0 Å². The number of unbranched alkanes of at least 4 members (excludes halogenated alkanes) is 1. The summed E-state index contributed by atoms with van der Waals surface area (Å²) >= 11 is 0. The summed E-state index contributed by atoms with van der Waals surface area (Å²) in [5.74, 6) is 0.277. The molecule has 1 unspecified atom stereocenters. The molecule has 1 atom stereocenters. The van der Waals surface area contributed by atoms with Crippen molar-refractivity contribution in [3.05, 3.63) is 24.0 Å². The minimum Gasteiger partial charge on any atom is -0.489 e. The Balaban J connectivity index is 2.75. The number of hydrogen-bond donors (Lipinski definition) is 2. The fourth-order valence-corrected chi connectivity index (χ4v) is 1.86. The third-order valence-corrected chi connectivity index (χ3v) is 2.87. The van der Waals surface area contributed by atoms with Crippen LogP contribution in [0.25, 0.3) is 0 Å². The number of nitrogens with zero attached hydrogens (tertiary/aromatic N) is 1. The molecule has 0 saturated carbocycles. The summed E-state index contributed by atoms with van der Waals surface area (Å²) in [6.07, 6.45) is 4.59. The third-order valence-electron chi connectivity index (χ3n) is 2.87. The predicted molar refractivity (Wildman–Crippen MR) is 79.8 cm³/mol. The van der Waals surface area contributed by atoms with Crippen LogP contribution in [0.15, 0.2) is 18.3 Å². The van der Waals surface area contributed by atoms with Crippen molar-refractivity contribution < 1.29 is 9.53 Å². The molecule has 0 aliphatic carbocycles. The molecule has 1 rings (SSSR count). The molecule has 0 radical (unpaired) electrons. The van der Waals surface area contributed by atoms with Gasteiger partial charge in [-0.1, -0.05) is 19.8 Å². The monoisotopic (exact) mass is 279 g/mol. The number of rotatable bonds is 8. The molecular formula is C15H25N3O2. The Labute approximate surface area is 120 Å². The molecule has 0 spiro atoms. The molecule has 5 nitrogen and oxygen atoms in total. The first-order valence-corrected chi connectivity index (χ1v) is 7.21. The molecule has 1 amide bonds. The van der Waals surface area contributed by atoms with Gasteiger partial charge in [0.15, 0.2) is 11.4 Å². The highest BCUT2D eigenvalue weighted by atomic mass is 16.5. The number of nitrogens with two attached hydrogens (primary N) is 1. The predicted octanol–water partition coefficient (Wildman–Crippen LogP) is 2.12. The number of ether oxygens (including phenoxy) is 1. The number of nitrogens with one attached hydrogen (secondary N) is 1. The van der Waals surface area contributed by atoms with Crippen molar-refractivity contribution in [2.75, 3.05) is 6.54 Å². The summed E-state index contributed by atoms with van der Waals surface area (Å²) in [5.41, 5.74) is 6.01. The highest BCUT2D eigenvalue weighted by molar-refractivity contribution is 5.95. The molecule has 112 valence electrons. The van der Waals surface area contributed by atoms with E-state index in [1.54, 1.807) is 18.3 Å². The van der Waals surface area contributed by atoms with Gasteiger partial charge in [0.05, 0.1) is 6.10 Å². The summed E-state index contributed by atoms with van der Waals surface area (Å²) in [4.78, 5) is 16.4. The number of hydrogen-bond acceptors (Lipinski definition) is 4. The van der Waals surface area contributed by atoms with Crippen molar-refractivity contribution in [2.45, 2.75) is 52.2 Å². The second-order valence-electron chi connectivity index (χ2n) is 5.07. The maximum Gasteiger partial charge on any atom is 0.274 e. The Kier molecular flexibility index (Phi) is 7.01. The van der Waals surface area contributed by atoms with Crippen molar-refractivity contribution in [3.63, 3.8) is 0 Å². The van der Waals surface area contributed by atoms with Crippen LogP contribution in [0.1, 0.15) is 50.5 Å². The second-order valence-corrected chi connectivity index (χ2v) is 5.07. The molecule has 1 aromatic heterocycles. The minimum atomic E-state index is -0.229. The summed E-state index contributed by atoms with van der Waals surface area (Å²) in [6, 6.07) is 3.49. The molecule has 1 heterocycles. The van der Waals surface area contributed by atoms with Crippen molar-refractivity contribution in [1.29, 1.82) is 0 Å². The standard InChI is InChI=1S/C15H25N3O2/c1-4-5-7-12(10-16)18-15(19)14-13(20-11(2)3)8-6-9-17-14/h6,8-9,11-12H,4-5,7,10,16H2,1-3H3,(H,18,19). The van der Waals surface area contributed by atoms with Crippen molar-refractivity contribution in [1.82, 2.24) is 10.3 Å². The first kappa shape index (κ1) is 16.4. The van der Waals surface area contributed by atoms with Gasteiger partial charge < -0.3 is 15.8 Å². The molecule has 0 fully saturated rings. The van der Waals surface area contributed by atoms with Gasteiger partial charge in [-0.05, 0) is 32.4 Å². The summed E-state index contributed by atoms with van der Waals surface area (Å²) in [5, 5.41) is 2.92. The van der Waals surface area contributed by atoms with E-state index in [1.807, 2.05) is 13.8 Å². The van der Waals surface area contributed by atoms with Crippen molar-refractivity contribution in [2.24, 2.45) is 5.73 Å². The zero-order valence-corrected chi connectivity index (χ0v) is 12.6. The summed E-state index contributed by atoms with van der Waals surface area (Å²) in [6.45, 7) is 6.37. The minimum absolute atomic E-state index is 0.00357. The lowest BCUT2D eigenvalue weighted by Gasteiger charge is -2.18. The van der Waals surface area contributed by atoms with E-state index in [2.05, 4.69) is 17.2 Å². The molecule has 0 aromatic carbocycles. The van der Waals surface area contributed by atoms with Gasteiger partial charge in [0.2, 0.25) is 0 Å². The van der Waals surface area contributed by atoms with E-state index in [0.717, 1.165) is 19.3 Å². The molecule has 0 aliphatic rings. The normalized spacial score (nSPS) is 12.2. The van der Waals surface area contributed by atoms with E-state index >= 15 is 0 Å². The van der Waals surface area contributed by atoms with Crippen LogP contribution in [0.2, 0.25) is 0 Å². The van der Waals surface area contributed by atoms with Crippen LogP contribution in [0, 0.1) is 0 Å². The number of carbonyl (C=O) groups excluding carboxylic acids is 1. The number of amides is 1. The lowest BCUT2D eigenvalue weighted by Crippen LogP contribution is -2.40. The molecule has 1 aromatic rings. The van der Waals surface area contributed by atoms with Gasteiger partial charge in [0.1, 0.15) is 0 Å². The largest absolute Gasteiger partial charge is 0.489 e. The van der Waals surface area contributed by atoms with Crippen LogP contribution in [-0.4, -0.2) is 29.6 Å². The Morgan fingerprint density at radius 1 is 1.50 bits per heavy atom. The van der Waals surface area contributed by atoms with Crippen LogP contribution in [0.3, 0.4) is 0 Å². The van der Waals surface area contributed by atoms with Gasteiger partial charge in [-0.2, -0.15) is 0 Å². The van der Waals surface area contributed by atoms with E-state index in [4.69, 9.17) is 10.5 Å². The van der Waals surface area contributed by atoms with Crippen LogP contribution in [-0.2, 0) is 0 Å². The van der Waals surface area contributed by atoms with E-state index in [1.165, 1.54) is 0 Å². The van der Waals surface area contributed by atoms with E-state index in [9.17, 15) is 4.79 Å². The van der Waals surface area contributed by atoms with Gasteiger partial charge in [0, 0.05) is 18.8 Å². The van der Waals surface area contributed by atoms with Gasteiger partial charge in [-0.25, -0.2) is 4.98 Å². The first-order valence-electron chi connectivity index (χ1n) is 7.21. The van der Waals surface area contributed by atoms with E-state index in [0.29, 0.717) is 18.0 Å². The maximum atomic E-state index is 12.3. The lowest BCUT2D eigenvalue weighted by atomic mass is 10.1. The van der Waals surface area contributed by atoms with Crippen molar-refractivity contribution >= 4 is 5.91 Å². The van der Waals surface area contributed by atoms with E-state index < -0.39 is 0 Å². The molecule has 0 saturated heterocycles. The smallest absolute Gasteiger partial charge is 0.274 e. The Hall–Kier alpha value is -1.62. The fraction of sp³-hybridized carbons (Fsp3) is 0.600. The van der Waals surface area contributed by atoms with E-state index in [-0.39, 0.29) is 18.1 Å². The molecule has 0 bridgehead atoms. The van der Waals surface area contributed by atoms with Gasteiger partial charge in [-0.15, -0.1) is 0 Å². The van der Waals surface area contributed by atoms with Gasteiger partial charge >= 0.3 is 0 Å². The molecule has 5 heteroatoms. The highest BCUT2D eigenvalue weighted by Crippen LogP contribution is 2.17. The fourth-order valence-electron chi connectivity index (χ4n) is 1.86. The first-order chi connectivity index (χ1) is 9.58. The maximum absolute atomic E-state index is 12.3. The van der Waals surface area contributed by atoms with Crippen LogP contribution >= 0.6 is 0 Å². The van der Waals surface area contributed by atoms with Crippen molar-refractivity contribution in [3.8, 4) is 5.75 Å². The molecular weight excluding hydrogens is 254 g/mol. The number of pyridine rings is 1. The Morgan fingerprint density at radius 3 is 2.85 bits per heavy atom. The highest BCUT2D eigenvalue weighted by Gasteiger charge is 2.17. The average Bonchev–Trinajstić information content (AvgIpc) is 2.43. The summed E-state index contributed by atoms with van der Waals surface area (Å²) in [7, 11) is 0. The zero-order valence-electron chi connectivity index (χ0n) is 12.6. The molecule has 3 N–H and O–H groups in total. The Morgan fingerprint density at radius 2 is 2.25 bits per heavy atom. The quantitative estimate of drug-likeness (QED) is 0.764. The number of aromatic nitrogens is 1. The number of carbonyl (C=O) groups is 1. The lowest BCUT2D eigenvalue weighted by molar-refractivity contribution is 0.0924. The average molecular weight is 279 g/mol. The van der Waals surface area contributed by atoms with Crippen LogP contribution < -0.4 is 15.8 Å². The topological polar surface area (TPSA) is 77.2 Å². The van der Waals surface area contributed by atoms with Gasteiger partial charge in [-0.3, -0.25) is 4.79 Å². The van der Waals surface area contributed by atoms with Gasteiger partial charge in [0.25, 0.3) is 5.91 Å². The SMILES string of the molecule is CCCCC(CN)NC(=O)c1ncccc1OC(C)C. The second kappa shape index (κ2) is 8.53. The summed E-state index contributed by atoms with van der Waals surface area (Å²) < 4.78 is 5.61. The third kappa shape index (κ3) is 5.17. The molecule has 20 heavy (non-hydrogen) atoms. The molecule has 0 aliphatic heterocycles.